The highest BCUT2D eigenvalue weighted by Crippen LogP contribution is 2.25. The largest absolute Gasteiger partial charge is 0.497 e. The standard InChI is InChI=1S/C17H16N2O4S/c1-21-13-6-11(7-14(9-13)22-2)8-15-16(20)19(17(24)18-15)10-12-4-3-5-23-12/h3-9H,10H2,1-2H3,(H,18,24)/b15-8+. The van der Waals surface area contributed by atoms with Crippen molar-refractivity contribution in [1.29, 1.82) is 0 Å². The summed E-state index contributed by atoms with van der Waals surface area (Å²) in [6, 6.07) is 8.95. The third-order valence-corrected chi connectivity index (χ3v) is 3.86. The van der Waals surface area contributed by atoms with E-state index in [1.165, 1.54) is 4.90 Å². The molecule has 0 saturated carbocycles. The summed E-state index contributed by atoms with van der Waals surface area (Å²) in [6.45, 7) is 0.288. The fourth-order valence-corrected chi connectivity index (χ4v) is 2.61. The summed E-state index contributed by atoms with van der Waals surface area (Å²) in [4.78, 5) is 14.0. The molecule has 0 spiro atoms. The van der Waals surface area contributed by atoms with E-state index in [0.717, 1.165) is 5.56 Å². The molecule has 1 aromatic heterocycles. The molecule has 1 aromatic carbocycles. The number of furan rings is 1. The average molecular weight is 344 g/mol. The quantitative estimate of drug-likeness (QED) is 0.664. The van der Waals surface area contributed by atoms with Gasteiger partial charge < -0.3 is 19.2 Å². The molecule has 1 fully saturated rings. The Morgan fingerprint density at radius 1 is 1.25 bits per heavy atom. The minimum atomic E-state index is -0.210. The van der Waals surface area contributed by atoms with Crippen molar-refractivity contribution >= 4 is 29.3 Å². The maximum Gasteiger partial charge on any atom is 0.276 e. The number of hydrogen-bond donors (Lipinski definition) is 1. The van der Waals surface area contributed by atoms with Gasteiger partial charge in [0.1, 0.15) is 23.0 Å². The lowest BCUT2D eigenvalue weighted by molar-refractivity contribution is -0.122. The van der Waals surface area contributed by atoms with Gasteiger partial charge in [-0.2, -0.15) is 0 Å². The van der Waals surface area contributed by atoms with Gasteiger partial charge in [-0.1, -0.05) is 0 Å². The van der Waals surface area contributed by atoms with Gasteiger partial charge in [-0.3, -0.25) is 9.69 Å². The number of carbonyl (C=O) groups is 1. The molecule has 2 heterocycles. The molecule has 124 valence electrons. The first kappa shape index (κ1) is 16.1. The predicted octanol–water partition coefficient (Wildman–Crippen LogP) is 2.55. The monoisotopic (exact) mass is 344 g/mol. The fraction of sp³-hybridized carbons (Fsp3) is 0.176. The molecule has 7 heteroatoms. The maximum atomic E-state index is 12.6. The van der Waals surface area contributed by atoms with Gasteiger partial charge >= 0.3 is 0 Å². The van der Waals surface area contributed by atoms with Gasteiger partial charge in [0.2, 0.25) is 0 Å². The molecule has 24 heavy (non-hydrogen) atoms. The predicted molar refractivity (Wildman–Crippen MR) is 92.5 cm³/mol. The molecule has 0 atom stereocenters. The number of methoxy groups -OCH3 is 2. The molecule has 0 bridgehead atoms. The number of carbonyl (C=O) groups excluding carboxylic acids is 1. The van der Waals surface area contributed by atoms with Gasteiger partial charge in [-0.15, -0.1) is 0 Å². The van der Waals surface area contributed by atoms with Crippen molar-refractivity contribution in [2.24, 2.45) is 0 Å². The van der Waals surface area contributed by atoms with E-state index in [4.69, 9.17) is 26.1 Å². The van der Waals surface area contributed by atoms with Crippen LogP contribution in [0.15, 0.2) is 46.7 Å². The second-order valence-corrected chi connectivity index (χ2v) is 5.49. The van der Waals surface area contributed by atoms with Crippen molar-refractivity contribution in [3.63, 3.8) is 0 Å². The van der Waals surface area contributed by atoms with Crippen molar-refractivity contribution in [2.45, 2.75) is 6.54 Å². The topological polar surface area (TPSA) is 63.9 Å². The molecule has 1 amide bonds. The second kappa shape index (κ2) is 6.76. The number of benzene rings is 1. The third-order valence-electron chi connectivity index (χ3n) is 3.54. The summed E-state index contributed by atoms with van der Waals surface area (Å²) in [5, 5.41) is 3.28. The van der Waals surface area contributed by atoms with Crippen LogP contribution in [0.4, 0.5) is 0 Å². The summed E-state index contributed by atoms with van der Waals surface area (Å²) >= 11 is 5.24. The Morgan fingerprint density at radius 3 is 2.54 bits per heavy atom. The summed E-state index contributed by atoms with van der Waals surface area (Å²) in [7, 11) is 3.15. The van der Waals surface area contributed by atoms with E-state index in [0.29, 0.717) is 28.1 Å². The van der Waals surface area contributed by atoms with Crippen LogP contribution in [0, 0.1) is 0 Å². The van der Waals surface area contributed by atoms with Crippen molar-refractivity contribution in [3.05, 3.63) is 53.6 Å². The number of nitrogens with one attached hydrogen (secondary N) is 1. The highest BCUT2D eigenvalue weighted by atomic mass is 32.1. The molecule has 0 radical (unpaired) electrons. The van der Waals surface area contributed by atoms with E-state index < -0.39 is 0 Å². The van der Waals surface area contributed by atoms with Crippen molar-refractivity contribution < 1.29 is 18.7 Å². The number of thiocarbonyl (C=S) groups is 1. The van der Waals surface area contributed by atoms with Gasteiger partial charge in [0.25, 0.3) is 5.91 Å². The van der Waals surface area contributed by atoms with E-state index in [2.05, 4.69) is 5.32 Å². The molecule has 1 aliphatic rings. The van der Waals surface area contributed by atoms with Gasteiger partial charge in [0.15, 0.2) is 5.11 Å². The zero-order chi connectivity index (χ0) is 17.1. The summed E-state index contributed by atoms with van der Waals surface area (Å²) < 4.78 is 15.7. The first-order valence-electron chi connectivity index (χ1n) is 7.20. The third kappa shape index (κ3) is 3.26. The van der Waals surface area contributed by atoms with Crippen molar-refractivity contribution in [3.8, 4) is 11.5 Å². The molecular weight excluding hydrogens is 328 g/mol. The molecule has 1 aliphatic heterocycles. The molecular formula is C17H16N2O4S. The van der Waals surface area contributed by atoms with E-state index in [1.54, 1.807) is 44.8 Å². The second-order valence-electron chi connectivity index (χ2n) is 5.10. The fourth-order valence-electron chi connectivity index (χ4n) is 2.35. The van der Waals surface area contributed by atoms with Crippen molar-refractivity contribution in [1.82, 2.24) is 10.2 Å². The summed E-state index contributed by atoms with van der Waals surface area (Å²) in [5.74, 6) is 1.73. The van der Waals surface area contributed by atoms with E-state index >= 15 is 0 Å². The highest BCUT2D eigenvalue weighted by molar-refractivity contribution is 7.80. The van der Waals surface area contributed by atoms with Crippen molar-refractivity contribution in [2.75, 3.05) is 14.2 Å². The Kier molecular flexibility index (Phi) is 4.52. The molecule has 3 rings (SSSR count). The zero-order valence-corrected chi connectivity index (χ0v) is 14.1. The van der Waals surface area contributed by atoms with Crippen LogP contribution in [0.3, 0.4) is 0 Å². The maximum absolute atomic E-state index is 12.6. The van der Waals surface area contributed by atoms with Crippen LogP contribution in [-0.4, -0.2) is 30.1 Å². The average Bonchev–Trinajstić information content (AvgIpc) is 3.19. The SMILES string of the molecule is COc1cc(/C=C2/NC(=S)N(Cc3ccco3)C2=O)cc(OC)c1. The first-order chi connectivity index (χ1) is 11.6. The molecule has 0 unspecified atom stereocenters. The van der Waals surface area contributed by atoms with Gasteiger partial charge in [-0.05, 0) is 48.1 Å². The smallest absolute Gasteiger partial charge is 0.276 e. The Hall–Kier alpha value is -2.80. The lowest BCUT2D eigenvalue weighted by Gasteiger charge is -2.11. The molecule has 0 aliphatic carbocycles. The van der Waals surface area contributed by atoms with Crippen LogP contribution in [0.5, 0.6) is 11.5 Å². The van der Waals surface area contributed by atoms with Gasteiger partial charge in [0, 0.05) is 6.07 Å². The Morgan fingerprint density at radius 2 is 1.96 bits per heavy atom. The van der Waals surface area contributed by atoms with E-state index in [-0.39, 0.29) is 12.5 Å². The van der Waals surface area contributed by atoms with Gasteiger partial charge in [0.05, 0.1) is 27.0 Å². The number of ether oxygens (including phenoxy) is 2. The Bertz CT molecular complexity index is 777. The van der Waals surface area contributed by atoms with E-state index in [9.17, 15) is 4.79 Å². The molecule has 1 N–H and O–H groups in total. The Labute approximate surface area is 144 Å². The van der Waals surface area contributed by atoms with Crippen LogP contribution in [0.2, 0.25) is 0 Å². The summed E-state index contributed by atoms with van der Waals surface area (Å²) in [6.07, 6.45) is 3.27. The molecule has 2 aromatic rings. The van der Waals surface area contributed by atoms with E-state index in [1.807, 2.05) is 12.1 Å². The minimum absolute atomic E-state index is 0.210. The Balaban J connectivity index is 1.86. The van der Waals surface area contributed by atoms with Gasteiger partial charge in [-0.25, -0.2) is 0 Å². The number of amides is 1. The minimum Gasteiger partial charge on any atom is -0.497 e. The first-order valence-corrected chi connectivity index (χ1v) is 7.61. The molecule has 1 saturated heterocycles. The van der Waals surface area contributed by atoms with Crippen LogP contribution < -0.4 is 14.8 Å². The number of hydrogen-bond acceptors (Lipinski definition) is 5. The molecule has 6 nitrogen and oxygen atoms in total. The lowest BCUT2D eigenvalue weighted by Crippen LogP contribution is -2.29. The normalized spacial score (nSPS) is 15.8. The zero-order valence-electron chi connectivity index (χ0n) is 13.2. The van der Waals surface area contributed by atoms with Crippen LogP contribution in [0.25, 0.3) is 6.08 Å². The highest BCUT2D eigenvalue weighted by Gasteiger charge is 2.31. The van der Waals surface area contributed by atoms with Crippen LogP contribution >= 0.6 is 12.2 Å². The number of rotatable bonds is 5. The lowest BCUT2D eigenvalue weighted by atomic mass is 10.1. The summed E-state index contributed by atoms with van der Waals surface area (Å²) in [5.41, 5.74) is 1.16. The van der Waals surface area contributed by atoms with Crippen LogP contribution in [0.1, 0.15) is 11.3 Å². The number of nitrogens with zero attached hydrogens (tertiary/aromatic N) is 1. The van der Waals surface area contributed by atoms with Crippen LogP contribution in [-0.2, 0) is 11.3 Å².